The average Bonchev–Trinajstić information content (AvgIpc) is 3.06. The monoisotopic (exact) mass is 539 g/mol. The van der Waals surface area contributed by atoms with Gasteiger partial charge in [0.1, 0.15) is 10.9 Å². The third-order valence-corrected chi connectivity index (χ3v) is 6.79. The first-order valence-corrected chi connectivity index (χ1v) is 12.5. The highest BCUT2D eigenvalue weighted by Crippen LogP contribution is 2.35. The predicted octanol–water partition coefficient (Wildman–Crippen LogP) is 6.13. The second-order valence-electron chi connectivity index (χ2n) is 7.18. The number of hydrogen-bond donors (Lipinski definition) is 0. The molecule has 0 atom stereocenters. The number of carbonyl (C=O) groups excluding carboxylic acids is 2. The number of methoxy groups -OCH3 is 1. The summed E-state index contributed by atoms with van der Waals surface area (Å²) in [5.74, 6) is 0.590. The highest BCUT2D eigenvalue weighted by atomic mass is 35.5. The molecule has 3 rings (SSSR count). The summed E-state index contributed by atoms with van der Waals surface area (Å²) in [6.45, 7) is 2.71. The minimum atomic E-state index is -0.281. The van der Waals surface area contributed by atoms with Crippen molar-refractivity contribution in [3.8, 4) is 11.5 Å². The molecule has 0 bridgehead atoms. The van der Waals surface area contributed by atoms with Crippen molar-refractivity contribution in [3.63, 3.8) is 0 Å². The first-order valence-electron chi connectivity index (χ1n) is 10.5. The molecule has 180 valence electrons. The van der Waals surface area contributed by atoms with E-state index in [1.54, 1.807) is 50.4 Å². The second kappa shape index (κ2) is 12.4. The molecule has 0 spiro atoms. The summed E-state index contributed by atoms with van der Waals surface area (Å²) in [5.41, 5.74) is 1.56. The molecular formula is C24H23Cl2NO5S2. The maximum absolute atomic E-state index is 12.8. The van der Waals surface area contributed by atoms with Crippen molar-refractivity contribution < 1.29 is 23.8 Å². The highest BCUT2D eigenvalue weighted by Gasteiger charge is 2.31. The van der Waals surface area contributed by atoms with Crippen molar-refractivity contribution in [2.45, 2.75) is 26.4 Å². The van der Waals surface area contributed by atoms with Crippen LogP contribution >= 0.6 is 47.2 Å². The van der Waals surface area contributed by atoms with E-state index in [0.29, 0.717) is 50.3 Å². The Hall–Kier alpha value is -2.26. The zero-order valence-electron chi connectivity index (χ0n) is 18.6. The van der Waals surface area contributed by atoms with Crippen LogP contribution in [0.25, 0.3) is 6.08 Å². The summed E-state index contributed by atoms with van der Waals surface area (Å²) in [7, 11) is 1.55. The van der Waals surface area contributed by atoms with Crippen molar-refractivity contribution in [2.75, 3.05) is 20.3 Å². The van der Waals surface area contributed by atoms with E-state index < -0.39 is 0 Å². The summed E-state index contributed by atoms with van der Waals surface area (Å²) in [5, 5.41) is 1.08. The number of hydrogen-bond acceptors (Lipinski definition) is 7. The molecule has 0 saturated carbocycles. The van der Waals surface area contributed by atoms with E-state index in [2.05, 4.69) is 0 Å². The van der Waals surface area contributed by atoms with Crippen molar-refractivity contribution in [1.29, 1.82) is 0 Å². The normalized spacial score (nSPS) is 14.6. The molecule has 1 heterocycles. The first kappa shape index (κ1) is 26.3. The number of ether oxygens (including phenoxy) is 3. The fourth-order valence-corrected chi connectivity index (χ4v) is 4.92. The molecule has 2 aromatic carbocycles. The Morgan fingerprint density at radius 1 is 1.18 bits per heavy atom. The molecule has 0 N–H and O–H groups in total. The van der Waals surface area contributed by atoms with Crippen LogP contribution in [0, 0.1) is 0 Å². The Labute approximate surface area is 218 Å². The van der Waals surface area contributed by atoms with Gasteiger partial charge in [0.25, 0.3) is 5.91 Å². The van der Waals surface area contributed by atoms with Crippen LogP contribution in [0.15, 0.2) is 41.3 Å². The number of carbonyl (C=O) groups is 2. The number of thiocarbonyl (C=S) groups is 1. The maximum Gasteiger partial charge on any atom is 0.305 e. The number of halogens is 2. The van der Waals surface area contributed by atoms with Crippen LogP contribution in [0.3, 0.4) is 0 Å². The number of thioether (sulfide) groups is 1. The summed E-state index contributed by atoms with van der Waals surface area (Å²) < 4.78 is 16.7. The van der Waals surface area contributed by atoms with Gasteiger partial charge in [0.05, 0.1) is 18.6 Å². The van der Waals surface area contributed by atoms with E-state index in [1.807, 2.05) is 6.07 Å². The molecule has 10 heteroatoms. The molecule has 0 radical (unpaired) electrons. The van der Waals surface area contributed by atoms with E-state index in [9.17, 15) is 9.59 Å². The molecule has 2 aromatic rings. The summed E-state index contributed by atoms with van der Waals surface area (Å²) in [4.78, 5) is 26.3. The smallest absolute Gasteiger partial charge is 0.305 e. The van der Waals surface area contributed by atoms with Crippen molar-refractivity contribution >= 4 is 69.5 Å². The molecule has 1 aliphatic heterocycles. The molecule has 1 amide bonds. The first-order chi connectivity index (χ1) is 16.3. The van der Waals surface area contributed by atoms with Gasteiger partial charge in [0, 0.05) is 28.6 Å². The van der Waals surface area contributed by atoms with Gasteiger partial charge >= 0.3 is 5.97 Å². The van der Waals surface area contributed by atoms with Gasteiger partial charge in [-0.2, -0.15) is 0 Å². The fourth-order valence-electron chi connectivity index (χ4n) is 3.15. The molecule has 34 heavy (non-hydrogen) atoms. The molecule has 1 aliphatic rings. The Kier molecular flexibility index (Phi) is 9.64. The van der Waals surface area contributed by atoms with Gasteiger partial charge in [-0.3, -0.25) is 14.5 Å². The Bertz CT molecular complexity index is 1120. The molecule has 0 aliphatic carbocycles. The molecule has 0 aromatic heterocycles. The Morgan fingerprint density at radius 2 is 1.97 bits per heavy atom. The number of benzene rings is 2. The van der Waals surface area contributed by atoms with Crippen molar-refractivity contribution in [3.05, 3.63) is 62.5 Å². The SMILES string of the molecule is CCOC(=O)CCCN1C(=O)/C(=C/c2ccc(OCc3ccc(Cl)cc3Cl)c(OC)c2)SC1=S. The number of amides is 1. The zero-order valence-corrected chi connectivity index (χ0v) is 21.8. The summed E-state index contributed by atoms with van der Waals surface area (Å²) in [6, 6.07) is 10.6. The van der Waals surface area contributed by atoms with Gasteiger partial charge < -0.3 is 14.2 Å². The third kappa shape index (κ3) is 6.88. The van der Waals surface area contributed by atoms with Crippen molar-refractivity contribution in [2.24, 2.45) is 0 Å². The van der Waals surface area contributed by atoms with Gasteiger partial charge in [-0.05, 0) is 49.2 Å². The molecular weight excluding hydrogens is 517 g/mol. The lowest BCUT2D eigenvalue weighted by molar-refractivity contribution is -0.143. The molecule has 1 saturated heterocycles. The van der Waals surface area contributed by atoms with Gasteiger partial charge in [-0.1, -0.05) is 59.3 Å². The Balaban J connectivity index is 1.66. The minimum Gasteiger partial charge on any atom is -0.493 e. The van der Waals surface area contributed by atoms with E-state index in [0.717, 1.165) is 11.1 Å². The van der Waals surface area contributed by atoms with Crippen LogP contribution in [0.4, 0.5) is 0 Å². The third-order valence-electron chi connectivity index (χ3n) is 4.83. The number of rotatable bonds is 10. The highest BCUT2D eigenvalue weighted by molar-refractivity contribution is 8.26. The standard InChI is InChI=1S/C24H23Cl2NO5S2/c1-3-31-22(28)5-4-10-27-23(29)21(34-24(27)33)12-15-6-9-19(20(11-15)30-2)32-14-16-7-8-17(25)13-18(16)26/h6-9,11-13H,3-5,10,14H2,1-2H3/b21-12-. The van der Waals surface area contributed by atoms with Crippen molar-refractivity contribution in [1.82, 2.24) is 4.90 Å². The number of esters is 1. The van der Waals surface area contributed by atoms with Crippen LogP contribution in [0.5, 0.6) is 11.5 Å². The largest absolute Gasteiger partial charge is 0.493 e. The van der Waals surface area contributed by atoms with E-state index in [-0.39, 0.29) is 24.9 Å². The average molecular weight is 540 g/mol. The van der Waals surface area contributed by atoms with Crippen LogP contribution in [0.2, 0.25) is 10.0 Å². The summed E-state index contributed by atoms with van der Waals surface area (Å²) >= 11 is 18.7. The van der Waals surface area contributed by atoms with E-state index in [1.165, 1.54) is 16.7 Å². The molecule has 0 unspecified atom stereocenters. The lowest BCUT2D eigenvalue weighted by atomic mass is 10.1. The second-order valence-corrected chi connectivity index (χ2v) is 9.70. The van der Waals surface area contributed by atoms with E-state index in [4.69, 9.17) is 49.6 Å². The van der Waals surface area contributed by atoms with Gasteiger partial charge in [0.15, 0.2) is 11.5 Å². The van der Waals surface area contributed by atoms with Gasteiger partial charge in [0.2, 0.25) is 0 Å². The van der Waals surface area contributed by atoms with Crippen LogP contribution < -0.4 is 9.47 Å². The summed E-state index contributed by atoms with van der Waals surface area (Å²) in [6.07, 6.45) is 2.48. The number of nitrogens with zero attached hydrogens (tertiary/aromatic N) is 1. The van der Waals surface area contributed by atoms with Gasteiger partial charge in [-0.25, -0.2) is 0 Å². The van der Waals surface area contributed by atoms with Crippen LogP contribution in [-0.2, 0) is 20.9 Å². The topological polar surface area (TPSA) is 65.1 Å². The van der Waals surface area contributed by atoms with Gasteiger partial charge in [-0.15, -0.1) is 0 Å². The molecule has 6 nitrogen and oxygen atoms in total. The lowest BCUT2D eigenvalue weighted by Gasteiger charge is -2.14. The lowest BCUT2D eigenvalue weighted by Crippen LogP contribution is -2.29. The maximum atomic E-state index is 12.8. The van der Waals surface area contributed by atoms with E-state index >= 15 is 0 Å². The molecule has 1 fully saturated rings. The quantitative estimate of drug-likeness (QED) is 0.204. The Morgan fingerprint density at radius 3 is 2.68 bits per heavy atom. The van der Waals surface area contributed by atoms with Crippen LogP contribution in [-0.4, -0.2) is 41.4 Å². The minimum absolute atomic E-state index is 0.185. The predicted molar refractivity (Wildman–Crippen MR) is 140 cm³/mol. The van der Waals surface area contributed by atoms with Crippen LogP contribution in [0.1, 0.15) is 30.9 Å². The fraction of sp³-hybridized carbons (Fsp3) is 0.292. The zero-order chi connectivity index (χ0) is 24.7.